The molecule has 0 saturated carbocycles. The Morgan fingerprint density at radius 2 is 2.05 bits per heavy atom. The van der Waals surface area contributed by atoms with Gasteiger partial charge in [-0.1, -0.05) is 12.1 Å². The molecule has 0 unspecified atom stereocenters. The highest BCUT2D eigenvalue weighted by Gasteiger charge is 2.30. The summed E-state index contributed by atoms with van der Waals surface area (Å²) in [6.07, 6.45) is 2.64. The largest absolute Gasteiger partial charge is 0.326 e. The van der Waals surface area contributed by atoms with Crippen LogP contribution in [0.4, 0.5) is 5.69 Å². The van der Waals surface area contributed by atoms with Crippen LogP contribution in [-0.2, 0) is 14.8 Å². The Balaban J connectivity index is 2.08. The van der Waals surface area contributed by atoms with Crippen molar-refractivity contribution in [2.24, 2.45) is 5.92 Å². The average Bonchev–Trinajstić information content (AvgIpc) is 2.42. The number of nitrogens with zero attached hydrogens (tertiary/aromatic N) is 1. The van der Waals surface area contributed by atoms with Gasteiger partial charge in [0.2, 0.25) is 15.9 Å². The standard InChI is InChI=1S/C15H22N2O3S/c1-11-6-7-12(2)14(9-11)16-15(18)13-5-4-8-17(10-13)21(3,19)20/h6-7,9,13H,4-5,8,10H2,1-3H3,(H,16,18)/t13-/m0/s1. The number of carbonyl (C=O) groups excluding carboxylic acids is 1. The van der Waals surface area contributed by atoms with Gasteiger partial charge in [0, 0.05) is 18.8 Å². The molecule has 1 fully saturated rings. The number of anilines is 1. The number of sulfonamides is 1. The molecule has 0 spiro atoms. The SMILES string of the molecule is Cc1ccc(C)c(NC(=O)[C@H]2CCCN(S(C)(=O)=O)C2)c1. The molecule has 1 N–H and O–H groups in total. The van der Waals surface area contributed by atoms with Gasteiger partial charge in [-0.15, -0.1) is 0 Å². The first-order valence-corrected chi connectivity index (χ1v) is 8.95. The Bertz CT molecular complexity index is 640. The van der Waals surface area contributed by atoms with Gasteiger partial charge in [0.05, 0.1) is 12.2 Å². The highest BCUT2D eigenvalue weighted by Crippen LogP contribution is 2.22. The smallest absolute Gasteiger partial charge is 0.228 e. The van der Waals surface area contributed by atoms with Crippen molar-refractivity contribution >= 4 is 21.6 Å². The van der Waals surface area contributed by atoms with E-state index in [1.54, 1.807) is 0 Å². The molecule has 116 valence electrons. The molecular formula is C15H22N2O3S. The van der Waals surface area contributed by atoms with Crippen LogP contribution in [0, 0.1) is 19.8 Å². The molecular weight excluding hydrogens is 288 g/mol. The maximum atomic E-state index is 12.4. The first-order valence-electron chi connectivity index (χ1n) is 7.10. The van der Waals surface area contributed by atoms with E-state index in [2.05, 4.69) is 5.32 Å². The van der Waals surface area contributed by atoms with E-state index >= 15 is 0 Å². The Kier molecular flexibility index (Phi) is 4.68. The van der Waals surface area contributed by atoms with Crippen LogP contribution in [0.5, 0.6) is 0 Å². The normalized spacial score (nSPS) is 20.2. The van der Waals surface area contributed by atoms with Crippen molar-refractivity contribution in [2.75, 3.05) is 24.7 Å². The van der Waals surface area contributed by atoms with Crippen LogP contribution in [0.25, 0.3) is 0 Å². The minimum absolute atomic E-state index is 0.1000. The van der Waals surface area contributed by atoms with Gasteiger partial charge in [-0.05, 0) is 43.9 Å². The number of hydrogen-bond acceptors (Lipinski definition) is 3. The van der Waals surface area contributed by atoms with Crippen LogP contribution in [0.3, 0.4) is 0 Å². The van der Waals surface area contributed by atoms with E-state index in [0.717, 1.165) is 29.7 Å². The molecule has 6 heteroatoms. The summed E-state index contributed by atoms with van der Waals surface area (Å²) in [5.74, 6) is -0.384. The Morgan fingerprint density at radius 1 is 1.33 bits per heavy atom. The van der Waals surface area contributed by atoms with Gasteiger partial charge in [-0.3, -0.25) is 4.79 Å². The molecule has 1 aliphatic rings. The molecule has 1 amide bonds. The van der Waals surface area contributed by atoms with Crippen molar-refractivity contribution in [1.29, 1.82) is 0 Å². The van der Waals surface area contributed by atoms with Gasteiger partial charge >= 0.3 is 0 Å². The lowest BCUT2D eigenvalue weighted by molar-refractivity contribution is -0.120. The Labute approximate surface area is 126 Å². The third-order valence-electron chi connectivity index (χ3n) is 3.87. The van der Waals surface area contributed by atoms with E-state index in [-0.39, 0.29) is 18.4 Å². The van der Waals surface area contributed by atoms with Crippen molar-refractivity contribution in [3.8, 4) is 0 Å². The van der Waals surface area contributed by atoms with Gasteiger partial charge in [-0.2, -0.15) is 0 Å². The second kappa shape index (κ2) is 6.15. The summed E-state index contributed by atoms with van der Waals surface area (Å²) in [5.41, 5.74) is 2.89. The zero-order valence-corrected chi connectivity index (χ0v) is 13.5. The minimum atomic E-state index is -3.23. The topological polar surface area (TPSA) is 66.5 Å². The van der Waals surface area contributed by atoms with E-state index in [0.29, 0.717) is 6.54 Å². The Morgan fingerprint density at radius 3 is 2.71 bits per heavy atom. The van der Waals surface area contributed by atoms with E-state index in [4.69, 9.17) is 0 Å². The zero-order valence-electron chi connectivity index (χ0n) is 12.7. The zero-order chi connectivity index (χ0) is 15.6. The first-order chi connectivity index (χ1) is 9.77. The number of aryl methyl sites for hydroxylation is 2. The van der Waals surface area contributed by atoms with Crippen LogP contribution in [0.15, 0.2) is 18.2 Å². The van der Waals surface area contributed by atoms with Gasteiger partial charge in [0.25, 0.3) is 0 Å². The minimum Gasteiger partial charge on any atom is -0.326 e. The van der Waals surface area contributed by atoms with E-state index in [9.17, 15) is 13.2 Å². The third-order valence-corrected chi connectivity index (χ3v) is 5.14. The lowest BCUT2D eigenvalue weighted by atomic mass is 9.98. The number of amides is 1. The molecule has 21 heavy (non-hydrogen) atoms. The number of benzene rings is 1. The first kappa shape index (κ1) is 16.0. The predicted octanol–water partition coefficient (Wildman–Crippen LogP) is 1.91. The second-order valence-corrected chi connectivity index (χ2v) is 7.75. The highest BCUT2D eigenvalue weighted by atomic mass is 32.2. The molecule has 0 aromatic heterocycles. The monoisotopic (exact) mass is 310 g/mol. The fraction of sp³-hybridized carbons (Fsp3) is 0.533. The van der Waals surface area contributed by atoms with Crippen LogP contribution in [0.2, 0.25) is 0 Å². The number of piperidine rings is 1. The summed E-state index contributed by atoms with van der Waals surface area (Å²) in [4.78, 5) is 12.4. The van der Waals surface area contributed by atoms with Crippen molar-refractivity contribution < 1.29 is 13.2 Å². The van der Waals surface area contributed by atoms with Crippen molar-refractivity contribution in [1.82, 2.24) is 4.31 Å². The van der Waals surface area contributed by atoms with Crippen LogP contribution in [0.1, 0.15) is 24.0 Å². The fourth-order valence-corrected chi connectivity index (χ4v) is 3.47. The molecule has 1 heterocycles. The molecule has 1 saturated heterocycles. The van der Waals surface area contributed by atoms with Gasteiger partial charge in [0.1, 0.15) is 0 Å². The van der Waals surface area contributed by atoms with E-state index in [1.807, 2.05) is 32.0 Å². The second-order valence-electron chi connectivity index (χ2n) is 5.77. The van der Waals surface area contributed by atoms with Crippen molar-refractivity contribution in [3.63, 3.8) is 0 Å². The van der Waals surface area contributed by atoms with Crippen LogP contribution >= 0.6 is 0 Å². The maximum absolute atomic E-state index is 12.4. The molecule has 1 aromatic rings. The van der Waals surface area contributed by atoms with Crippen molar-refractivity contribution in [2.45, 2.75) is 26.7 Å². The van der Waals surface area contributed by atoms with Crippen LogP contribution < -0.4 is 5.32 Å². The molecule has 0 aliphatic carbocycles. The highest BCUT2D eigenvalue weighted by molar-refractivity contribution is 7.88. The quantitative estimate of drug-likeness (QED) is 0.927. The van der Waals surface area contributed by atoms with Gasteiger partial charge in [0.15, 0.2) is 0 Å². The molecule has 1 atom stereocenters. The third kappa shape index (κ3) is 4.04. The van der Waals surface area contributed by atoms with Gasteiger partial charge in [-0.25, -0.2) is 12.7 Å². The van der Waals surface area contributed by atoms with Crippen LogP contribution in [-0.4, -0.2) is 38.0 Å². The molecule has 1 aromatic carbocycles. The average molecular weight is 310 g/mol. The van der Waals surface area contributed by atoms with Crippen molar-refractivity contribution in [3.05, 3.63) is 29.3 Å². The number of hydrogen-bond donors (Lipinski definition) is 1. The van der Waals surface area contributed by atoms with E-state index < -0.39 is 10.0 Å². The summed E-state index contributed by atoms with van der Waals surface area (Å²) in [6, 6.07) is 5.90. The Hall–Kier alpha value is -1.40. The summed E-state index contributed by atoms with van der Waals surface area (Å²) < 4.78 is 24.6. The fourth-order valence-electron chi connectivity index (χ4n) is 2.56. The van der Waals surface area contributed by atoms with Gasteiger partial charge < -0.3 is 5.32 Å². The summed E-state index contributed by atoms with van der Waals surface area (Å²) >= 11 is 0. The number of carbonyl (C=O) groups is 1. The molecule has 0 bridgehead atoms. The lowest BCUT2D eigenvalue weighted by Crippen LogP contribution is -2.43. The summed E-state index contributed by atoms with van der Waals surface area (Å²) in [6.45, 7) is 4.70. The maximum Gasteiger partial charge on any atom is 0.228 e. The summed E-state index contributed by atoms with van der Waals surface area (Å²) in [5, 5.41) is 2.93. The molecule has 1 aliphatic heterocycles. The molecule has 0 radical (unpaired) electrons. The predicted molar refractivity (Wildman–Crippen MR) is 83.7 cm³/mol. The molecule has 2 rings (SSSR count). The number of rotatable bonds is 3. The lowest BCUT2D eigenvalue weighted by Gasteiger charge is -2.30. The van der Waals surface area contributed by atoms with E-state index in [1.165, 1.54) is 10.6 Å². The summed E-state index contributed by atoms with van der Waals surface area (Å²) in [7, 11) is -3.23. The molecule has 5 nitrogen and oxygen atoms in total. The number of nitrogens with one attached hydrogen (secondary N) is 1.